The first-order chi connectivity index (χ1) is 35.8. The van der Waals surface area contributed by atoms with Crippen molar-refractivity contribution in [3.8, 4) is 28.1 Å². The summed E-state index contributed by atoms with van der Waals surface area (Å²) in [6.45, 7) is 27.7. The number of aryl methyl sites for hydroxylation is 1. The molecule has 4 aromatic rings. The third-order valence-corrected chi connectivity index (χ3v) is 17.1. The first-order valence-electron chi connectivity index (χ1n) is 27.2. The summed E-state index contributed by atoms with van der Waals surface area (Å²) in [5, 5.41) is 18.0. The van der Waals surface area contributed by atoms with Crippen LogP contribution in [0.2, 0.25) is 0 Å². The molecule has 2 aromatic heterocycles. The molecule has 3 aliphatic rings. The number of carbonyl (C=O) groups excluding carboxylic acids is 1. The van der Waals surface area contributed by atoms with E-state index >= 15 is 0 Å². The summed E-state index contributed by atoms with van der Waals surface area (Å²) in [5.41, 5.74) is 17.7. The van der Waals surface area contributed by atoms with Crippen molar-refractivity contribution in [3.63, 3.8) is 0 Å². The summed E-state index contributed by atoms with van der Waals surface area (Å²) >= 11 is 0. The van der Waals surface area contributed by atoms with Gasteiger partial charge in [-0.05, 0) is 138 Å². The summed E-state index contributed by atoms with van der Waals surface area (Å²) in [7, 11) is 13.4. The van der Waals surface area contributed by atoms with E-state index in [4.69, 9.17) is 20.3 Å². The molecule has 2 aromatic carbocycles. The van der Waals surface area contributed by atoms with Gasteiger partial charge in [0.15, 0.2) is 12.3 Å². The smallest absolute Gasteiger partial charge is 0.179 e. The lowest BCUT2D eigenvalue weighted by Crippen LogP contribution is -2.58. The van der Waals surface area contributed by atoms with Crippen LogP contribution in [0.1, 0.15) is 96.1 Å². The zero-order valence-corrected chi connectivity index (χ0v) is 48.9. The van der Waals surface area contributed by atoms with E-state index in [2.05, 4.69) is 120 Å². The third kappa shape index (κ3) is 17.1. The van der Waals surface area contributed by atoms with E-state index in [1.54, 1.807) is 7.11 Å². The Morgan fingerprint density at radius 3 is 2.33 bits per heavy atom. The quantitative estimate of drug-likeness (QED) is 0.0143. The normalized spacial score (nSPS) is 18.2. The molecule has 1 saturated carbocycles. The number of fused-ring (bicyclic) bond motifs is 1. The number of hydrogen-bond acceptors (Lipinski definition) is 12. The summed E-state index contributed by atoms with van der Waals surface area (Å²) in [5.74, 6) is 9.30. The Hall–Kier alpha value is -4.71. The van der Waals surface area contributed by atoms with Gasteiger partial charge >= 0.3 is 0 Å². The average molecular weight is 1050 g/mol. The van der Waals surface area contributed by atoms with Crippen LogP contribution in [-0.4, -0.2) is 141 Å². The van der Waals surface area contributed by atoms with E-state index < -0.39 is 0 Å². The van der Waals surface area contributed by atoms with Gasteiger partial charge in [0.2, 0.25) is 0 Å². The van der Waals surface area contributed by atoms with E-state index in [-0.39, 0.29) is 45.9 Å². The zero-order chi connectivity index (χ0) is 55.5. The van der Waals surface area contributed by atoms with Gasteiger partial charge in [-0.3, -0.25) is 19.6 Å². The number of pyridine rings is 1. The average Bonchev–Trinajstić information content (AvgIpc) is 4.05. The molecule has 416 valence electrons. The van der Waals surface area contributed by atoms with E-state index in [0.717, 1.165) is 97.3 Å². The molecule has 7 N–H and O–H groups in total. The first kappa shape index (κ1) is 62.8. The molecule has 7 rings (SSSR count). The minimum absolute atomic E-state index is 0.00694. The molecule has 75 heavy (non-hydrogen) atoms. The molecule has 3 fully saturated rings. The van der Waals surface area contributed by atoms with Crippen LogP contribution in [0.3, 0.4) is 0 Å². The number of rotatable bonds is 20. The number of nitrogens with two attached hydrogens (primary N) is 2. The number of quaternary nitrogens is 1. The monoisotopic (exact) mass is 1050 g/mol. The van der Waals surface area contributed by atoms with E-state index in [0.29, 0.717) is 23.2 Å². The summed E-state index contributed by atoms with van der Waals surface area (Å²) in [6, 6.07) is 17.4. The maximum atomic E-state index is 11.1. The van der Waals surface area contributed by atoms with Crippen molar-refractivity contribution >= 4 is 27.9 Å². The molecule has 0 bridgehead atoms. The van der Waals surface area contributed by atoms with E-state index in [1.165, 1.54) is 67.0 Å². The predicted molar refractivity (Wildman–Crippen MR) is 316 cm³/mol. The zero-order valence-electron chi connectivity index (χ0n) is 48.0. The molecule has 14 nitrogen and oxygen atoms in total. The van der Waals surface area contributed by atoms with Gasteiger partial charge in [-0.15, -0.1) is 0 Å². The fourth-order valence-electron chi connectivity index (χ4n) is 11.0. The molecular weight excluding hydrogens is 957 g/mol. The highest BCUT2D eigenvalue weighted by Crippen LogP contribution is 2.42. The molecule has 0 amide bonds. The lowest BCUT2D eigenvalue weighted by Gasteiger charge is -2.39. The number of likely N-dealkylation sites (N-methyl/N-ethyl adjacent to an activating group) is 2. The molecule has 5 unspecified atom stereocenters. The van der Waals surface area contributed by atoms with Crippen LogP contribution in [-0.2, 0) is 44.3 Å². The van der Waals surface area contributed by atoms with Gasteiger partial charge in [0.1, 0.15) is 5.75 Å². The molecule has 1 aliphatic carbocycles. The fourth-order valence-corrected chi connectivity index (χ4v) is 12.5. The van der Waals surface area contributed by atoms with Crippen LogP contribution in [0.15, 0.2) is 96.9 Å². The van der Waals surface area contributed by atoms with Crippen LogP contribution in [0.5, 0.6) is 5.75 Å². The van der Waals surface area contributed by atoms with Crippen LogP contribution in [0, 0.1) is 17.3 Å². The SMILES string of the molecule is C=CN1CCS(=NC)CC1.C=COCC(C)(C)Cc1c(-c2cccnc2C(C)OC)n(CC)c2ccc(-c3cc(O)cc(CC(C(=C)C4CCCNN4C)C(C)NC)c3)cc12.CN.C[N+](C)(N)C(C=O)C1CCCC1. The van der Waals surface area contributed by atoms with Crippen LogP contribution < -0.4 is 22.3 Å². The second-order valence-electron chi connectivity index (χ2n) is 21.5. The third-order valence-electron chi connectivity index (χ3n) is 15.3. The van der Waals surface area contributed by atoms with Crippen molar-refractivity contribution in [3.05, 3.63) is 109 Å². The van der Waals surface area contributed by atoms with Gasteiger partial charge in [-0.1, -0.05) is 74.8 Å². The topological polar surface area (TPSA) is 169 Å². The number of phenolic OH excluding ortho intramolecular Hbond substituents is 1. The van der Waals surface area contributed by atoms with Crippen molar-refractivity contribution in [2.24, 2.45) is 33.2 Å². The number of hydrazine groups is 1. The molecule has 2 saturated heterocycles. The van der Waals surface area contributed by atoms with Crippen LogP contribution >= 0.6 is 0 Å². The standard InChI is InChI=1S/C43H59N5O3.C9H19N2O.C7H14N2S.CH5N/c1-11-48-40-18-17-32(33-21-31(22-34(49)24-33)23-36(29(4)44-8)28(3)39-16-14-20-46-47(39)9)25-37(40)38(26-43(6,7)27-51-12-2)42(48)35-15-13-19-45-41(35)30(5)50-10;1-11(2,10)9(7-12)8-5-3-4-6-8;1-3-9-4-6-10(8-2)7-5-9;1-2/h12-13,15,17-19,21-22,24-25,29-30,36,39,44,46,49H,2-3,11,14,16,20,23,26-27H2,1,4-10H3;7-9H,3-6,10H2,1-2H3;3H,1,4-7H2,2H3;2H2,1H3/q;+1;;. The highest BCUT2D eigenvalue weighted by atomic mass is 32.2. The maximum absolute atomic E-state index is 11.1. The second kappa shape index (κ2) is 30.3. The molecule has 2 aliphatic heterocycles. The molecule has 5 atom stereocenters. The van der Waals surface area contributed by atoms with E-state index in [1.807, 2.05) is 65.7 Å². The Kier molecular flexibility index (Phi) is 25.4. The summed E-state index contributed by atoms with van der Waals surface area (Å²) in [4.78, 5) is 17.9. The molecule has 15 heteroatoms. The van der Waals surface area contributed by atoms with Gasteiger partial charge in [0.05, 0.1) is 44.5 Å². The Morgan fingerprint density at radius 2 is 1.76 bits per heavy atom. The fraction of sp³-hybridized carbons (Fsp3) is 0.567. The number of aldehydes is 1. The minimum Gasteiger partial charge on any atom is -0.508 e. The number of methoxy groups -OCH3 is 1. The van der Waals surface area contributed by atoms with Crippen LogP contribution in [0.4, 0.5) is 0 Å². The van der Waals surface area contributed by atoms with Crippen molar-refractivity contribution in [1.82, 2.24) is 30.2 Å². The predicted octanol–water partition coefficient (Wildman–Crippen LogP) is 9.60. The number of ether oxygens (including phenoxy) is 2. The van der Waals surface area contributed by atoms with Crippen molar-refractivity contribution in [2.45, 2.75) is 117 Å². The first-order valence-corrected chi connectivity index (χ1v) is 28.7. The van der Waals surface area contributed by atoms with Gasteiger partial charge in [-0.25, -0.2) is 9.60 Å². The van der Waals surface area contributed by atoms with Crippen LogP contribution in [0.25, 0.3) is 33.3 Å². The number of aromatic hydroxyl groups is 1. The highest BCUT2D eigenvalue weighted by Gasteiger charge is 2.35. The number of aromatic nitrogens is 2. The number of hydrogen-bond donors (Lipinski definition) is 5. The summed E-state index contributed by atoms with van der Waals surface area (Å²) < 4.78 is 18.5. The molecule has 4 heterocycles. The number of nitrogens with zero attached hydrogens (tertiary/aromatic N) is 6. The van der Waals surface area contributed by atoms with Gasteiger partial charge in [0.25, 0.3) is 0 Å². The highest BCUT2D eigenvalue weighted by molar-refractivity contribution is 7.87. The van der Waals surface area contributed by atoms with Gasteiger partial charge in [-0.2, -0.15) is 5.84 Å². The number of phenols is 1. The Morgan fingerprint density at radius 1 is 1.07 bits per heavy atom. The van der Waals surface area contributed by atoms with E-state index in [9.17, 15) is 9.90 Å². The minimum atomic E-state index is -0.178. The maximum Gasteiger partial charge on any atom is 0.179 e. The number of nitrogens with one attached hydrogen (secondary N) is 2. The van der Waals surface area contributed by atoms with Crippen molar-refractivity contribution in [2.75, 3.05) is 87.1 Å². The Bertz CT molecular complexity index is 2470. The Labute approximate surface area is 454 Å². The number of benzene rings is 2. The largest absolute Gasteiger partial charge is 0.508 e. The Balaban J connectivity index is 0.000000413. The van der Waals surface area contributed by atoms with Gasteiger partial charge < -0.3 is 35.1 Å². The lowest BCUT2D eigenvalue weighted by molar-refractivity contribution is -0.920. The van der Waals surface area contributed by atoms with Gasteiger partial charge in [0, 0.05) is 111 Å². The summed E-state index contributed by atoms with van der Waals surface area (Å²) in [6.07, 6.45) is 14.8. The molecule has 0 spiro atoms. The molecule has 0 radical (unpaired) electrons. The molecular formula is C60H97N10O4S+. The van der Waals surface area contributed by atoms with Crippen molar-refractivity contribution in [1.29, 1.82) is 0 Å². The van der Waals surface area contributed by atoms with Crippen molar-refractivity contribution < 1.29 is 24.0 Å². The second-order valence-corrected chi connectivity index (χ2v) is 23.6. The number of carbonyl (C=O) groups is 1. The lowest BCUT2D eigenvalue weighted by atomic mass is 9.81.